The van der Waals surface area contributed by atoms with E-state index in [2.05, 4.69) is 0 Å². The highest BCUT2D eigenvalue weighted by atomic mass is 19.1. The van der Waals surface area contributed by atoms with E-state index in [-0.39, 0.29) is 12.8 Å². The molecule has 0 amide bonds. The van der Waals surface area contributed by atoms with Crippen LogP contribution in [0.2, 0.25) is 0 Å². The maximum Gasteiger partial charge on any atom is 0.0907 e. The Kier molecular flexibility index (Phi) is 5.09. The second-order valence-corrected chi connectivity index (χ2v) is 1.78. The van der Waals surface area contributed by atoms with Crippen LogP contribution in [-0.2, 0) is 0 Å². The SMILES string of the molecule is N#CC(CCF)CCF. The molecule has 0 aromatic carbocycles. The van der Waals surface area contributed by atoms with Crippen molar-refractivity contribution in [2.45, 2.75) is 12.8 Å². The van der Waals surface area contributed by atoms with E-state index in [9.17, 15) is 8.78 Å². The molecule has 0 saturated carbocycles. The van der Waals surface area contributed by atoms with Gasteiger partial charge in [0.15, 0.2) is 0 Å². The van der Waals surface area contributed by atoms with E-state index in [1.807, 2.05) is 6.07 Å². The van der Waals surface area contributed by atoms with Gasteiger partial charge in [-0.3, -0.25) is 8.78 Å². The van der Waals surface area contributed by atoms with Crippen LogP contribution in [0.15, 0.2) is 0 Å². The van der Waals surface area contributed by atoms with Gasteiger partial charge in [0.05, 0.1) is 25.3 Å². The Morgan fingerprint density at radius 3 is 1.89 bits per heavy atom. The van der Waals surface area contributed by atoms with Crippen molar-refractivity contribution in [2.75, 3.05) is 13.3 Å². The molecule has 0 rings (SSSR count). The Morgan fingerprint density at radius 1 is 1.22 bits per heavy atom. The summed E-state index contributed by atoms with van der Waals surface area (Å²) < 4.78 is 23.0. The summed E-state index contributed by atoms with van der Waals surface area (Å²) in [5.41, 5.74) is 0. The van der Waals surface area contributed by atoms with Crippen LogP contribution >= 0.6 is 0 Å². The van der Waals surface area contributed by atoms with Crippen LogP contribution in [-0.4, -0.2) is 13.3 Å². The first-order chi connectivity index (χ1) is 4.35. The first-order valence-electron chi connectivity index (χ1n) is 2.86. The predicted molar refractivity (Wildman–Crippen MR) is 30.3 cm³/mol. The fourth-order valence-corrected chi connectivity index (χ4v) is 0.537. The van der Waals surface area contributed by atoms with Gasteiger partial charge in [-0.05, 0) is 12.8 Å². The van der Waals surface area contributed by atoms with E-state index >= 15 is 0 Å². The third-order valence-electron chi connectivity index (χ3n) is 1.10. The molecule has 0 aliphatic rings. The molecule has 0 aliphatic carbocycles. The van der Waals surface area contributed by atoms with E-state index in [0.29, 0.717) is 0 Å². The lowest BCUT2D eigenvalue weighted by molar-refractivity contribution is 0.376. The van der Waals surface area contributed by atoms with Crippen LogP contribution in [0.25, 0.3) is 0 Å². The first-order valence-corrected chi connectivity index (χ1v) is 2.86. The highest BCUT2D eigenvalue weighted by molar-refractivity contribution is 4.81. The monoisotopic (exact) mass is 133 g/mol. The van der Waals surface area contributed by atoms with Crippen molar-refractivity contribution >= 4 is 0 Å². The topological polar surface area (TPSA) is 23.8 Å². The Balaban J connectivity index is 3.32. The van der Waals surface area contributed by atoms with Gasteiger partial charge in [-0.15, -0.1) is 0 Å². The molecule has 0 N–H and O–H groups in total. The van der Waals surface area contributed by atoms with Gasteiger partial charge >= 0.3 is 0 Å². The van der Waals surface area contributed by atoms with Crippen molar-refractivity contribution in [1.82, 2.24) is 0 Å². The summed E-state index contributed by atoms with van der Waals surface area (Å²) in [5.74, 6) is -0.431. The summed E-state index contributed by atoms with van der Waals surface area (Å²) in [5, 5.41) is 8.20. The number of rotatable bonds is 4. The van der Waals surface area contributed by atoms with E-state index in [4.69, 9.17) is 5.26 Å². The van der Waals surface area contributed by atoms with Gasteiger partial charge in [0.1, 0.15) is 0 Å². The summed E-state index contributed by atoms with van der Waals surface area (Å²) >= 11 is 0. The van der Waals surface area contributed by atoms with Gasteiger partial charge in [0, 0.05) is 0 Å². The molecule has 52 valence electrons. The second kappa shape index (κ2) is 5.49. The Labute approximate surface area is 53.3 Å². The molecule has 0 saturated heterocycles. The van der Waals surface area contributed by atoms with Gasteiger partial charge in [-0.25, -0.2) is 0 Å². The average Bonchev–Trinajstić information content (AvgIpc) is 1.88. The van der Waals surface area contributed by atoms with Gasteiger partial charge in [0.25, 0.3) is 0 Å². The summed E-state index contributed by atoms with van der Waals surface area (Å²) in [7, 11) is 0. The van der Waals surface area contributed by atoms with Gasteiger partial charge in [-0.1, -0.05) is 0 Å². The van der Waals surface area contributed by atoms with E-state index in [1.165, 1.54) is 0 Å². The lowest BCUT2D eigenvalue weighted by Crippen LogP contribution is -1.98. The van der Waals surface area contributed by atoms with Crippen molar-refractivity contribution in [3.05, 3.63) is 0 Å². The van der Waals surface area contributed by atoms with Gasteiger partial charge in [0.2, 0.25) is 0 Å². The summed E-state index contributed by atoms with van der Waals surface area (Å²) in [6.45, 7) is -1.06. The van der Waals surface area contributed by atoms with Gasteiger partial charge in [-0.2, -0.15) is 5.26 Å². The molecule has 0 spiro atoms. The molecule has 0 heterocycles. The van der Waals surface area contributed by atoms with Crippen molar-refractivity contribution in [2.24, 2.45) is 5.92 Å². The Morgan fingerprint density at radius 2 is 1.67 bits per heavy atom. The summed E-state index contributed by atoms with van der Waals surface area (Å²) in [6.07, 6.45) is 0.334. The normalized spacial score (nSPS) is 9.56. The average molecular weight is 133 g/mol. The Hall–Kier alpha value is -0.650. The lowest BCUT2D eigenvalue weighted by Gasteiger charge is -1.99. The maximum absolute atomic E-state index is 11.5. The van der Waals surface area contributed by atoms with Crippen molar-refractivity contribution in [1.29, 1.82) is 5.26 Å². The number of nitrogens with zero attached hydrogens (tertiary/aromatic N) is 1. The highest BCUT2D eigenvalue weighted by Gasteiger charge is 2.04. The fraction of sp³-hybridized carbons (Fsp3) is 0.833. The largest absolute Gasteiger partial charge is 0.251 e. The minimum Gasteiger partial charge on any atom is -0.251 e. The molecule has 0 aromatic rings. The van der Waals surface area contributed by atoms with Crippen LogP contribution in [0.1, 0.15) is 12.8 Å². The second-order valence-electron chi connectivity index (χ2n) is 1.78. The van der Waals surface area contributed by atoms with Crippen LogP contribution in [0, 0.1) is 17.2 Å². The minimum atomic E-state index is -0.530. The smallest absolute Gasteiger partial charge is 0.0907 e. The molecule has 9 heavy (non-hydrogen) atoms. The molecular formula is C6H9F2N. The zero-order valence-corrected chi connectivity index (χ0v) is 5.11. The van der Waals surface area contributed by atoms with Gasteiger partial charge < -0.3 is 0 Å². The molecule has 3 heteroatoms. The highest BCUT2D eigenvalue weighted by Crippen LogP contribution is 2.06. The molecular weight excluding hydrogens is 124 g/mol. The zero-order valence-electron chi connectivity index (χ0n) is 5.11. The molecule has 0 radical (unpaired) electrons. The first kappa shape index (κ1) is 8.35. The lowest BCUT2D eigenvalue weighted by atomic mass is 10.1. The number of hydrogen-bond donors (Lipinski definition) is 0. The zero-order chi connectivity index (χ0) is 7.11. The van der Waals surface area contributed by atoms with Crippen LogP contribution in [0.3, 0.4) is 0 Å². The molecule has 0 unspecified atom stereocenters. The standard InChI is InChI=1S/C6H9F2N/c7-3-1-6(5-9)2-4-8/h6H,1-4H2. The van der Waals surface area contributed by atoms with E-state index in [0.717, 1.165) is 0 Å². The quantitative estimate of drug-likeness (QED) is 0.574. The summed E-state index contributed by atoms with van der Waals surface area (Å²) in [4.78, 5) is 0. The van der Waals surface area contributed by atoms with Crippen LogP contribution in [0.5, 0.6) is 0 Å². The molecule has 0 aliphatic heterocycles. The molecule has 0 aromatic heterocycles. The molecule has 0 atom stereocenters. The summed E-state index contributed by atoms with van der Waals surface area (Å²) in [6, 6.07) is 1.82. The third kappa shape index (κ3) is 3.89. The van der Waals surface area contributed by atoms with E-state index < -0.39 is 19.3 Å². The number of hydrogen-bond acceptors (Lipinski definition) is 1. The minimum absolute atomic E-state index is 0.167. The predicted octanol–water partition coefficient (Wildman–Crippen LogP) is 1.85. The number of alkyl halides is 2. The molecule has 0 fully saturated rings. The Bertz CT molecular complexity index is 91.7. The molecule has 1 nitrogen and oxygen atoms in total. The maximum atomic E-state index is 11.5. The van der Waals surface area contributed by atoms with E-state index in [1.54, 1.807) is 0 Å². The number of nitriles is 1. The van der Waals surface area contributed by atoms with Crippen LogP contribution in [0.4, 0.5) is 8.78 Å². The van der Waals surface area contributed by atoms with Crippen molar-refractivity contribution in [3.63, 3.8) is 0 Å². The van der Waals surface area contributed by atoms with Crippen LogP contribution < -0.4 is 0 Å². The molecule has 0 bridgehead atoms. The van der Waals surface area contributed by atoms with Crippen molar-refractivity contribution in [3.8, 4) is 6.07 Å². The number of halogens is 2. The fourth-order valence-electron chi connectivity index (χ4n) is 0.537. The third-order valence-corrected chi connectivity index (χ3v) is 1.10. The van der Waals surface area contributed by atoms with Crippen molar-refractivity contribution < 1.29 is 8.78 Å².